The summed E-state index contributed by atoms with van der Waals surface area (Å²) in [5.41, 5.74) is 2.14. The second kappa shape index (κ2) is 8.40. The molecule has 2 fully saturated rings. The third kappa shape index (κ3) is 3.84. The van der Waals surface area contributed by atoms with Crippen molar-refractivity contribution in [2.75, 3.05) is 12.4 Å². The SMILES string of the molecule is OC[C@H]1O[C@@H](n2cnc3c(CCSC4CCCCC4)ncnc32)[C@H](O)[C@@H]1O. The third-order valence-corrected chi connectivity index (χ3v) is 6.85. The molecule has 1 aliphatic carbocycles. The van der Waals surface area contributed by atoms with Crippen molar-refractivity contribution in [2.24, 2.45) is 0 Å². The maximum absolute atomic E-state index is 10.3. The number of imidazole rings is 1. The fourth-order valence-corrected chi connectivity index (χ4v) is 5.24. The lowest BCUT2D eigenvalue weighted by molar-refractivity contribution is -0.0511. The minimum absolute atomic E-state index is 0.361. The molecule has 8 nitrogen and oxygen atoms in total. The smallest absolute Gasteiger partial charge is 0.165 e. The number of aromatic nitrogens is 4. The summed E-state index contributed by atoms with van der Waals surface area (Å²) in [5, 5.41) is 30.3. The zero-order valence-corrected chi connectivity index (χ0v) is 16.0. The molecular weight excluding hydrogens is 368 g/mol. The Morgan fingerprint density at radius 2 is 1.93 bits per heavy atom. The van der Waals surface area contributed by atoms with E-state index in [9.17, 15) is 15.3 Å². The van der Waals surface area contributed by atoms with Crippen molar-refractivity contribution < 1.29 is 20.1 Å². The van der Waals surface area contributed by atoms with Crippen LogP contribution < -0.4 is 0 Å². The summed E-state index contributed by atoms with van der Waals surface area (Å²) in [7, 11) is 0. The number of hydrogen-bond donors (Lipinski definition) is 3. The van der Waals surface area contributed by atoms with Gasteiger partial charge < -0.3 is 20.1 Å². The van der Waals surface area contributed by atoms with Gasteiger partial charge in [0.15, 0.2) is 11.9 Å². The lowest BCUT2D eigenvalue weighted by Gasteiger charge is -2.20. The molecule has 1 saturated heterocycles. The molecular formula is C18H26N4O4S. The van der Waals surface area contributed by atoms with Crippen LogP contribution in [0.25, 0.3) is 11.2 Å². The van der Waals surface area contributed by atoms with Crippen LogP contribution in [0, 0.1) is 0 Å². The number of aliphatic hydroxyl groups is 3. The Morgan fingerprint density at radius 1 is 1.11 bits per heavy atom. The van der Waals surface area contributed by atoms with Crippen LogP contribution in [0.3, 0.4) is 0 Å². The Bertz CT molecular complexity index is 767. The first-order valence-corrected chi connectivity index (χ1v) is 10.6. The van der Waals surface area contributed by atoms with Gasteiger partial charge in [-0.2, -0.15) is 11.8 Å². The maximum atomic E-state index is 10.3. The van der Waals surface area contributed by atoms with Gasteiger partial charge >= 0.3 is 0 Å². The van der Waals surface area contributed by atoms with E-state index in [1.807, 2.05) is 11.8 Å². The van der Waals surface area contributed by atoms with E-state index >= 15 is 0 Å². The van der Waals surface area contributed by atoms with Crippen LogP contribution in [0.1, 0.15) is 44.0 Å². The number of aliphatic hydroxyl groups excluding tert-OH is 3. The molecule has 2 aromatic heterocycles. The molecule has 1 saturated carbocycles. The van der Waals surface area contributed by atoms with Gasteiger partial charge in [-0.25, -0.2) is 15.0 Å². The number of fused-ring (bicyclic) bond motifs is 1. The standard InChI is InChI=1S/C18H26N4O4S/c23-8-13-15(24)16(25)18(26-13)22-10-21-14-12(19-9-20-17(14)22)6-7-27-11-4-2-1-3-5-11/h9-11,13,15-16,18,23-25H,1-8H2/t13-,15-,16-,18-/m1/s1. The monoisotopic (exact) mass is 394 g/mol. The lowest BCUT2D eigenvalue weighted by atomic mass is 10.0. The van der Waals surface area contributed by atoms with Crippen molar-refractivity contribution >= 4 is 22.9 Å². The summed E-state index contributed by atoms with van der Waals surface area (Å²) >= 11 is 2.02. The molecule has 1 aliphatic heterocycles. The van der Waals surface area contributed by atoms with Gasteiger partial charge in [-0.05, 0) is 18.6 Å². The second-order valence-corrected chi connectivity index (χ2v) is 8.66. The average Bonchev–Trinajstić information content (AvgIpc) is 3.25. The highest BCUT2D eigenvalue weighted by atomic mass is 32.2. The van der Waals surface area contributed by atoms with E-state index in [2.05, 4.69) is 15.0 Å². The van der Waals surface area contributed by atoms with Crippen LogP contribution in [-0.4, -0.2) is 70.8 Å². The molecule has 2 aliphatic rings. The molecule has 3 N–H and O–H groups in total. The van der Waals surface area contributed by atoms with E-state index in [0.29, 0.717) is 11.2 Å². The second-order valence-electron chi connectivity index (χ2n) is 7.25. The first-order valence-electron chi connectivity index (χ1n) is 9.59. The molecule has 0 spiro atoms. The fourth-order valence-electron chi connectivity index (χ4n) is 3.93. The Balaban J connectivity index is 1.48. The zero-order valence-electron chi connectivity index (χ0n) is 15.1. The van der Waals surface area contributed by atoms with Gasteiger partial charge in [-0.1, -0.05) is 19.3 Å². The summed E-state index contributed by atoms with van der Waals surface area (Å²) in [5.74, 6) is 0.998. The molecule has 4 atom stereocenters. The summed E-state index contributed by atoms with van der Waals surface area (Å²) in [6, 6.07) is 0. The molecule has 148 valence electrons. The molecule has 2 aromatic rings. The number of ether oxygens (including phenoxy) is 1. The molecule has 0 radical (unpaired) electrons. The predicted molar refractivity (Wildman–Crippen MR) is 101 cm³/mol. The van der Waals surface area contributed by atoms with E-state index < -0.39 is 24.5 Å². The Morgan fingerprint density at radius 3 is 2.67 bits per heavy atom. The predicted octanol–water partition coefficient (Wildman–Crippen LogP) is 1.05. The van der Waals surface area contributed by atoms with E-state index in [1.165, 1.54) is 38.4 Å². The number of thioether (sulfide) groups is 1. The molecule has 3 heterocycles. The number of hydrogen-bond acceptors (Lipinski definition) is 8. The van der Waals surface area contributed by atoms with Gasteiger partial charge in [0.2, 0.25) is 0 Å². The molecule has 0 unspecified atom stereocenters. The summed E-state index contributed by atoms with van der Waals surface area (Å²) in [6.45, 7) is -0.361. The van der Waals surface area contributed by atoms with Crippen molar-refractivity contribution in [1.29, 1.82) is 0 Å². The quantitative estimate of drug-likeness (QED) is 0.666. The van der Waals surface area contributed by atoms with Gasteiger partial charge in [0.1, 0.15) is 30.2 Å². The van der Waals surface area contributed by atoms with Crippen molar-refractivity contribution in [3.63, 3.8) is 0 Å². The van der Waals surface area contributed by atoms with Crippen molar-refractivity contribution in [3.8, 4) is 0 Å². The first kappa shape index (κ1) is 19.1. The number of aryl methyl sites for hydroxylation is 1. The molecule has 4 rings (SSSR count). The highest BCUT2D eigenvalue weighted by Gasteiger charge is 2.44. The lowest BCUT2D eigenvalue weighted by Crippen LogP contribution is -2.33. The fraction of sp³-hybridized carbons (Fsp3) is 0.722. The summed E-state index contributed by atoms with van der Waals surface area (Å²) in [6.07, 6.45) is 6.57. The normalized spacial score (nSPS) is 29.6. The maximum Gasteiger partial charge on any atom is 0.165 e. The first-order chi connectivity index (χ1) is 13.2. The average molecular weight is 394 g/mol. The minimum Gasteiger partial charge on any atom is -0.394 e. The molecule has 0 bridgehead atoms. The largest absolute Gasteiger partial charge is 0.394 e. The molecule has 0 aromatic carbocycles. The van der Waals surface area contributed by atoms with Crippen molar-refractivity contribution in [3.05, 3.63) is 18.3 Å². The Kier molecular flexibility index (Phi) is 5.93. The van der Waals surface area contributed by atoms with Crippen LogP contribution in [0.2, 0.25) is 0 Å². The zero-order chi connectivity index (χ0) is 18.8. The highest BCUT2D eigenvalue weighted by Crippen LogP contribution is 2.32. The molecule has 9 heteroatoms. The van der Waals surface area contributed by atoms with E-state index in [1.54, 1.807) is 10.9 Å². The molecule has 0 amide bonds. The minimum atomic E-state index is -1.15. The Hall–Kier alpha value is -1.26. The topological polar surface area (TPSA) is 114 Å². The van der Waals surface area contributed by atoms with Crippen molar-refractivity contribution in [2.45, 2.75) is 68.3 Å². The van der Waals surface area contributed by atoms with Crippen LogP contribution in [0.15, 0.2) is 12.7 Å². The van der Waals surface area contributed by atoms with Gasteiger partial charge in [0, 0.05) is 11.7 Å². The van der Waals surface area contributed by atoms with E-state index in [0.717, 1.165) is 23.1 Å². The van der Waals surface area contributed by atoms with Crippen molar-refractivity contribution in [1.82, 2.24) is 19.5 Å². The summed E-state index contributed by atoms with van der Waals surface area (Å²) < 4.78 is 7.21. The van der Waals surface area contributed by atoms with Gasteiger partial charge in [0.25, 0.3) is 0 Å². The van der Waals surface area contributed by atoms with Gasteiger partial charge in [0.05, 0.1) is 18.6 Å². The molecule has 27 heavy (non-hydrogen) atoms. The Labute approximate surface area is 162 Å². The van der Waals surface area contributed by atoms with Crippen LogP contribution in [0.4, 0.5) is 0 Å². The van der Waals surface area contributed by atoms with Crippen LogP contribution >= 0.6 is 11.8 Å². The van der Waals surface area contributed by atoms with Gasteiger partial charge in [-0.15, -0.1) is 0 Å². The van der Waals surface area contributed by atoms with Gasteiger partial charge in [-0.3, -0.25) is 4.57 Å². The number of rotatable bonds is 6. The van der Waals surface area contributed by atoms with E-state index in [-0.39, 0.29) is 6.61 Å². The number of nitrogens with zero attached hydrogens (tertiary/aromatic N) is 4. The third-order valence-electron chi connectivity index (χ3n) is 5.47. The van der Waals surface area contributed by atoms with Crippen LogP contribution in [-0.2, 0) is 11.2 Å². The highest BCUT2D eigenvalue weighted by molar-refractivity contribution is 7.99. The summed E-state index contributed by atoms with van der Waals surface area (Å²) in [4.78, 5) is 13.1. The van der Waals surface area contributed by atoms with E-state index in [4.69, 9.17) is 4.74 Å². The van der Waals surface area contributed by atoms with Crippen LogP contribution in [0.5, 0.6) is 0 Å².